The molecule has 2 aromatic rings. The minimum atomic E-state index is -1.11. The van der Waals surface area contributed by atoms with Gasteiger partial charge in [-0.05, 0) is 27.4 Å². The fourth-order valence-electron chi connectivity index (χ4n) is 1.19. The molecule has 2 aromatic heterocycles. The molecule has 0 atom stereocenters. The van der Waals surface area contributed by atoms with Crippen LogP contribution in [0.4, 0.5) is 0 Å². The Morgan fingerprint density at radius 3 is 2.94 bits per heavy atom. The first-order valence-corrected chi connectivity index (χ1v) is 7.26. The maximum atomic E-state index is 10.4. The maximum absolute atomic E-state index is 10.4. The monoisotopic (exact) mass is 355 g/mol. The largest absolute Gasteiger partial charge is 1.00 e. The number of carboxylic acid groups (broad SMARTS) is 1. The van der Waals surface area contributed by atoms with Gasteiger partial charge in [-0.1, -0.05) is 17.8 Å². The van der Waals surface area contributed by atoms with Crippen molar-refractivity contribution < 1.29 is 39.5 Å². The predicted octanol–water partition coefficient (Wildman–Crippen LogP) is -2.00. The average Bonchev–Trinajstić information content (AvgIpc) is 2.89. The van der Waals surface area contributed by atoms with E-state index in [9.17, 15) is 9.90 Å². The van der Waals surface area contributed by atoms with E-state index >= 15 is 0 Å². The molecule has 0 saturated heterocycles. The zero-order valence-corrected chi connectivity index (χ0v) is 14.7. The van der Waals surface area contributed by atoms with E-state index in [-0.39, 0.29) is 35.3 Å². The molecule has 90 valence electrons. The van der Waals surface area contributed by atoms with Gasteiger partial charge in [0.15, 0.2) is 5.16 Å². The summed E-state index contributed by atoms with van der Waals surface area (Å²) in [6.45, 7) is 0.626. The fourth-order valence-corrected chi connectivity index (χ4v) is 3.03. The second-order valence-electron chi connectivity index (χ2n) is 3.08. The zero-order chi connectivity index (χ0) is 12.3. The third-order valence-electron chi connectivity index (χ3n) is 1.88. The van der Waals surface area contributed by atoms with Crippen LogP contribution in [0, 0.1) is 0 Å². The Morgan fingerprint density at radius 2 is 2.33 bits per heavy atom. The van der Waals surface area contributed by atoms with Gasteiger partial charge in [0.05, 0.1) is 12.5 Å². The number of thiophene rings is 1. The number of halogens is 1. The van der Waals surface area contributed by atoms with E-state index in [1.165, 1.54) is 0 Å². The maximum Gasteiger partial charge on any atom is 1.00 e. The number of thioether (sulfide) groups is 1. The third-order valence-corrected chi connectivity index (χ3v) is 4.27. The van der Waals surface area contributed by atoms with Crippen molar-refractivity contribution in [1.82, 2.24) is 14.8 Å². The summed E-state index contributed by atoms with van der Waals surface area (Å²) in [6.07, 6.45) is 0. The molecule has 0 spiro atoms. The van der Waals surface area contributed by atoms with Gasteiger partial charge in [0.1, 0.15) is 0 Å². The van der Waals surface area contributed by atoms with E-state index in [1.54, 1.807) is 11.3 Å². The van der Waals surface area contributed by atoms with Crippen LogP contribution in [-0.4, -0.2) is 26.5 Å². The van der Waals surface area contributed by atoms with Crippen LogP contribution in [0.25, 0.3) is 0 Å². The molecule has 0 fully saturated rings. The molecule has 2 rings (SSSR count). The van der Waals surface area contributed by atoms with Crippen LogP contribution in [0.2, 0.25) is 0 Å². The fraction of sp³-hybridized carbons (Fsp3) is 0.222. The Bertz CT molecular complexity index is 518. The van der Waals surface area contributed by atoms with Crippen LogP contribution in [-0.2, 0) is 11.3 Å². The molecule has 0 aliphatic heterocycles. The van der Waals surface area contributed by atoms with Crippen molar-refractivity contribution in [3.05, 3.63) is 27.1 Å². The van der Waals surface area contributed by atoms with Gasteiger partial charge in [0.2, 0.25) is 4.73 Å². The number of aliphatic carboxylic acids is 1. The Kier molecular flexibility index (Phi) is 6.89. The van der Waals surface area contributed by atoms with Crippen LogP contribution in [0.1, 0.15) is 4.88 Å². The van der Waals surface area contributed by atoms with Crippen molar-refractivity contribution in [3.63, 3.8) is 0 Å². The third kappa shape index (κ3) is 4.36. The van der Waals surface area contributed by atoms with Gasteiger partial charge < -0.3 is 9.90 Å². The molecule has 18 heavy (non-hydrogen) atoms. The molecule has 0 amide bonds. The number of nitrogens with zero attached hydrogens (tertiary/aromatic N) is 3. The van der Waals surface area contributed by atoms with Crippen molar-refractivity contribution in [1.29, 1.82) is 0 Å². The summed E-state index contributed by atoms with van der Waals surface area (Å²) in [4.78, 5) is 11.6. The van der Waals surface area contributed by atoms with Gasteiger partial charge >= 0.3 is 29.6 Å². The van der Waals surface area contributed by atoms with Gasteiger partial charge in [0.25, 0.3) is 0 Å². The normalized spacial score (nSPS) is 10.1. The first-order valence-electron chi connectivity index (χ1n) is 4.60. The van der Waals surface area contributed by atoms with Gasteiger partial charge in [0, 0.05) is 10.6 Å². The van der Waals surface area contributed by atoms with E-state index in [0.717, 1.165) is 16.6 Å². The Balaban J connectivity index is 0.00000162. The summed E-state index contributed by atoms with van der Waals surface area (Å²) in [6, 6.07) is 3.97. The summed E-state index contributed by atoms with van der Waals surface area (Å²) in [5.74, 6) is -1.24. The second kappa shape index (κ2) is 7.66. The first kappa shape index (κ1) is 16.2. The van der Waals surface area contributed by atoms with Crippen molar-refractivity contribution in [3.8, 4) is 0 Å². The molecular weight excluding hydrogens is 349 g/mol. The zero-order valence-electron chi connectivity index (χ0n) is 9.50. The summed E-state index contributed by atoms with van der Waals surface area (Å²) < 4.78 is 2.41. The topological polar surface area (TPSA) is 70.8 Å². The van der Waals surface area contributed by atoms with Crippen molar-refractivity contribution in [2.45, 2.75) is 11.7 Å². The Labute approximate surface area is 142 Å². The molecule has 0 radical (unpaired) electrons. The molecule has 2 heterocycles. The number of hydrogen-bond donors (Lipinski definition) is 0. The van der Waals surface area contributed by atoms with E-state index in [4.69, 9.17) is 0 Å². The summed E-state index contributed by atoms with van der Waals surface area (Å²) in [5.41, 5.74) is 0. The molecular formula is C9H7BrN3NaO2S2. The molecule has 0 aliphatic carbocycles. The summed E-state index contributed by atoms with van der Waals surface area (Å²) in [7, 11) is 0. The van der Waals surface area contributed by atoms with E-state index in [1.807, 2.05) is 22.1 Å². The van der Waals surface area contributed by atoms with Gasteiger partial charge in [-0.2, -0.15) is 0 Å². The minimum Gasteiger partial charge on any atom is -0.549 e. The second-order valence-corrected chi connectivity index (χ2v) is 5.76. The Morgan fingerprint density at radius 1 is 1.56 bits per heavy atom. The minimum absolute atomic E-state index is 0. The van der Waals surface area contributed by atoms with Crippen molar-refractivity contribution >= 4 is 45.0 Å². The molecule has 0 N–H and O–H groups in total. The number of aromatic nitrogens is 3. The van der Waals surface area contributed by atoms with E-state index in [2.05, 4.69) is 26.1 Å². The standard InChI is InChI=1S/C9H8BrN3O2S2.Na/c10-8-11-12-9(17-5-7(14)15)13(8)4-6-2-1-3-16-6;/h1-3H,4-5H2,(H,14,15);/q;+1/p-1. The van der Waals surface area contributed by atoms with E-state index < -0.39 is 5.97 Å². The number of carboxylic acids is 1. The van der Waals surface area contributed by atoms with Crippen LogP contribution in [0.15, 0.2) is 27.4 Å². The summed E-state index contributed by atoms with van der Waals surface area (Å²) >= 11 is 6.02. The molecule has 5 nitrogen and oxygen atoms in total. The van der Waals surface area contributed by atoms with Crippen LogP contribution in [0.5, 0.6) is 0 Å². The molecule has 0 unspecified atom stereocenters. The molecule has 0 saturated carbocycles. The number of rotatable bonds is 5. The van der Waals surface area contributed by atoms with Gasteiger partial charge in [-0.25, -0.2) is 0 Å². The Hall–Kier alpha value is 0.140. The summed E-state index contributed by atoms with van der Waals surface area (Å²) in [5, 5.41) is 20.7. The number of carbonyl (C=O) groups excluding carboxylic acids is 1. The SMILES string of the molecule is O=C([O-])CSc1nnc(Br)n1Cc1cccs1.[Na+]. The first-order chi connectivity index (χ1) is 8.16. The molecule has 9 heteroatoms. The van der Waals surface area contributed by atoms with Crippen LogP contribution in [0.3, 0.4) is 0 Å². The smallest absolute Gasteiger partial charge is 0.549 e. The molecule has 0 aromatic carbocycles. The van der Waals surface area contributed by atoms with E-state index in [0.29, 0.717) is 16.4 Å². The van der Waals surface area contributed by atoms with Crippen LogP contribution >= 0.6 is 39.0 Å². The van der Waals surface area contributed by atoms with Crippen LogP contribution < -0.4 is 34.7 Å². The van der Waals surface area contributed by atoms with Gasteiger partial charge in [-0.3, -0.25) is 4.57 Å². The van der Waals surface area contributed by atoms with Gasteiger partial charge in [-0.15, -0.1) is 21.5 Å². The predicted molar refractivity (Wildman–Crippen MR) is 66.9 cm³/mol. The number of carbonyl (C=O) groups is 1. The van der Waals surface area contributed by atoms with Crippen molar-refractivity contribution in [2.75, 3.05) is 5.75 Å². The quantitative estimate of drug-likeness (QED) is 0.458. The number of hydrogen-bond acceptors (Lipinski definition) is 6. The average molecular weight is 356 g/mol. The van der Waals surface area contributed by atoms with Crippen molar-refractivity contribution in [2.24, 2.45) is 0 Å². The molecule has 0 bridgehead atoms. The molecule has 0 aliphatic rings.